The fourth-order valence-electron chi connectivity index (χ4n) is 8.13. The average molecular weight is 822 g/mol. The third-order valence-corrected chi connectivity index (χ3v) is 12.0. The standard InChI is InChI=1S/C42H46BF2N9O4S/c44-43(45)53-30(13-14-31(53)28-32-15-17-36(54(32)43)37-11-6-27-59-37)16-18-39(56)46-19-4-3-12-38(55)47-21-7-22-50-23-25-51(26-24-50)29-40(57)52-35-10-2-1-9-34(35)49-42(58)33-8-5-20-48-41(33)52/h1-2,5-6,8-11,13-15,17,20,27-28H,3-4,7,12,16,18-19,21-26,29H2,(H,46,56)(H,47,55)(H,49,58). The van der Waals surface area contributed by atoms with Gasteiger partial charge in [0.2, 0.25) is 17.7 Å². The lowest BCUT2D eigenvalue weighted by atomic mass is 9.90. The SMILES string of the molecule is O=C(CCCCNC(=O)CCc1ccc2n1[B-](F)(F)[N+]1=C(c3cccs3)C=CC1=C2)NCCCN1CCN(CC(=O)N2c3ccccc3NC(=O)c3cccnc32)CC1. The van der Waals surface area contributed by atoms with Crippen LogP contribution < -0.4 is 20.9 Å². The second kappa shape index (κ2) is 17.6. The zero-order valence-corrected chi connectivity index (χ0v) is 33.4. The van der Waals surface area contributed by atoms with Gasteiger partial charge in [-0.2, -0.15) is 0 Å². The highest BCUT2D eigenvalue weighted by Crippen LogP contribution is 2.37. The normalized spacial score (nSPS) is 17.0. The van der Waals surface area contributed by atoms with E-state index < -0.39 is 6.97 Å². The van der Waals surface area contributed by atoms with Crippen LogP contribution in [0.2, 0.25) is 0 Å². The molecular weight excluding hydrogens is 775 g/mol. The number of allylic oxidation sites excluding steroid dienone is 2. The van der Waals surface area contributed by atoms with Gasteiger partial charge in [-0.1, -0.05) is 18.2 Å². The van der Waals surface area contributed by atoms with Crippen molar-refractivity contribution in [2.24, 2.45) is 0 Å². The van der Waals surface area contributed by atoms with Crippen molar-refractivity contribution in [1.82, 2.24) is 29.9 Å². The number of carbonyl (C=O) groups is 4. The molecule has 7 heterocycles. The first-order valence-corrected chi connectivity index (χ1v) is 21.0. The largest absolute Gasteiger partial charge is 0.737 e. The monoisotopic (exact) mass is 821 g/mol. The maximum Gasteiger partial charge on any atom is 0.737 e. The maximum atomic E-state index is 16.0. The summed E-state index contributed by atoms with van der Waals surface area (Å²) in [5.74, 6) is -0.387. The minimum Gasteiger partial charge on any atom is -0.394 e. The third-order valence-electron chi connectivity index (χ3n) is 11.1. The summed E-state index contributed by atoms with van der Waals surface area (Å²) in [7, 11) is 0. The van der Waals surface area contributed by atoms with Gasteiger partial charge >= 0.3 is 6.97 Å². The number of pyridine rings is 1. The Labute approximate surface area is 345 Å². The number of thiophene rings is 1. The molecule has 1 fully saturated rings. The number of nitrogens with zero attached hydrogens (tertiary/aromatic N) is 6. The minimum atomic E-state index is -4.14. The van der Waals surface area contributed by atoms with Gasteiger partial charge in [-0.3, -0.25) is 29.0 Å². The third kappa shape index (κ3) is 8.68. The zero-order valence-electron chi connectivity index (χ0n) is 32.6. The summed E-state index contributed by atoms with van der Waals surface area (Å²) in [6, 6.07) is 17.6. The lowest BCUT2D eigenvalue weighted by molar-refractivity contribution is -0.360. The molecule has 0 bridgehead atoms. The number of amides is 4. The lowest BCUT2D eigenvalue weighted by Gasteiger charge is -2.35. The molecule has 0 aliphatic carbocycles. The van der Waals surface area contributed by atoms with E-state index >= 15 is 8.63 Å². The molecule has 13 nitrogen and oxygen atoms in total. The molecule has 3 N–H and O–H groups in total. The summed E-state index contributed by atoms with van der Waals surface area (Å²) in [6.07, 6.45) is 9.46. The Morgan fingerprint density at radius 1 is 0.864 bits per heavy atom. The molecule has 59 heavy (non-hydrogen) atoms. The molecule has 0 atom stereocenters. The minimum absolute atomic E-state index is 0.0339. The number of benzene rings is 1. The van der Waals surface area contributed by atoms with Crippen molar-refractivity contribution in [1.29, 1.82) is 0 Å². The van der Waals surface area contributed by atoms with E-state index in [1.165, 1.54) is 16.2 Å². The van der Waals surface area contributed by atoms with Gasteiger partial charge < -0.3 is 38.4 Å². The van der Waals surface area contributed by atoms with Crippen LogP contribution in [0.3, 0.4) is 0 Å². The topological polar surface area (TPSA) is 135 Å². The van der Waals surface area contributed by atoms with Crippen molar-refractivity contribution in [3.05, 3.63) is 112 Å². The van der Waals surface area contributed by atoms with Crippen molar-refractivity contribution in [2.45, 2.75) is 38.5 Å². The Morgan fingerprint density at radius 3 is 2.46 bits per heavy atom. The van der Waals surface area contributed by atoms with Crippen molar-refractivity contribution in [3.8, 4) is 0 Å². The van der Waals surface area contributed by atoms with Crippen molar-refractivity contribution >= 4 is 70.9 Å². The highest BCUT2D eigenvalue weighted by Gasteiger charge is 2.52. The first-order chi connectivity index (χ1) is 28.7. The van der Waals surface area contributed by atoms with Crippen LogP contribution in [-0.4, -0.2) is 112 Å². The van der Waals surface area contributed by atoms with Crippen LogP contribution in [0.5, 0.6) is 0 Å². The second-order valence-electron chi connectivity index (χ2n) is 15.0. The van der Waals surface area contributed by atoms with Crippen LogP contribution in [0.15, 0.2) is 90.1 Å². The van der Waals surface area contributed by atoms with Crippen LogP contribution in [-0.2, 0) is 20.8 Å². The Kier molecular flexibility index (Phi) is 11.9. The number of nitrogens with one attached hydrogen (secondary N) is 3. The molecule has 1 saturated heterocycles. The fraction of sp³-hybridized carbons (Fsp3) is 0.333. The van der Waals surface area contributed by atoms with E-state index in [0.717, 1.165) is 39.9 Å². The van der Waals surface area contributed by atoms with E-state index in [4.69, 9.17) is 0 Å². The Morgan fingerprint density at radius 2 is 1.64 bits per heavy atom. The summed E-state index contributed by atoms with van der Waals surface area (Å²) < 4.78 is 34.3. The van der Waals surface area contributed by atoms with Gasteiger partial charge in [0.15, 0.2) is 17.2 Å². The highest BCUT2D eigenvalue weighted by atomic mass is 32.1. The van der Waals surface area contributed by atoms with Gasteiger partial charge in [-0.15, -0.1) is 11.3 Å². The number of para-hydroxylation sites is 2. The summed E-state index contributed by atoms with van der Waals surface area (Å²) in [6.45, 7) is 0.867. The van der Waals surface area contributed by atoms with Crippen LogP contribution in [0.4, 0.5) is 25.8 Å². The van der Waals surface area contributed by atoms with Gasteiger partial charge in [-0.05, 0) is 85.8 Å². The van der Waals surface area contributed by atoms with Gasteiger partial charge in [-0.25, -0.2) is 4.98 Å². The van der Waals surface area contributed by atoms with E-state index in [-0.39, 0.29) is 43.0 Å². The number of carbonyl (C=O) groups excluding carboxylic acids is 4. The Balaban J connectivity index is 0.699. The molecule has 0 unspecified atom stereocenters. The smallest absolute Gasteiger partial charge is 0.394 e. The molecule has 4 aliphatic heterocycles. The molecular formula is C42H46BF2N9O4S. The summed E-state index contributed by atoms with van der Waals surface area (Å²) in [5.41, 5.74) is 3.27. The number of fused-ring (bicyclic) bond motifs is 4. The summed E-state index contributed by atoms with van der Waals surface area (Å²) in [4.78, 5) is 62.9. The number of piperazine rings is 1. The molecule has 4 aromatic rings. The predicted molar refractivity (Wildman–Crippen MR) is 225 cm³/mol. The van der Waals surface area contributed by atoms with E-state index in [1.54, 1.807) is 54.8 Å². The molecule has 4 aliphatic rings. The summed E-state index contributed by atoms with van der Waals surface area (Å²) >= 11 is 1.42. The number of unbranched alkanes of at least 4 members (excludes halogenated alkanes) is 1. The van der Waals surface area contributed by atoms with Crippen LogP contribution >= 0.6 is 11.3 Å². The predicted octanol–water partition coefficient (Wildman–Crippen LogP) is 4.87. The molecule has 1 aromatic carbocycles. The lowest BCUT2D eigenvalue weighted by Crippen LogP contribution is -2.50. The molecule has 8 rings (SSSR count). The van der Waals surface area contributed by atoms with Gasteiger partial charge in [0.1, 0.15) is 0 Å². The van der Waals surface area contributed by atoms with Crippen molar-refractivity contribution in [2.75, 3.05) is 62.6 Å². The maximum absolute atomic E-state index is 16.0. The Hall–Kier alpha value is -5.78. The number of rotatable bonds is 15. The van der Waals surface area contributed by atoms with Crippen LogP contribution in [0, 0.1) is 0 Å². The number of halogens is 2. The molecule has 4 amide bonds. The second-order valence-corrected chi connectivity index (χ2v) is 16.0. The Bertz CT molecular complexity index is 2340. The highest BCUT2D eigenvalue weighted by molar-refractivity contribution is 7.12. The van der Waals surface area contributed by atoms with E-state index in [9.17, 15) is 19.2 Å². The molecule has 0 saturated carbocycles. The molecule has 17 heteroatoms. The molecule has 306 valence electrons. The van der Waals surface area contributed by atoms with Crippen LogP contribution in [0.1, 0.15) is 58.7 Å². The number of anilines is 3. The molecule has 0 spiro atoms. The quantitative estimate of drug-likeness (QED) is 0.115. The van der Waals surface area contributed by atoms with Gasteiger partial charge in [0, 0.05) is 82.2 Å². The summed E-state index contributed by atoms with van der Waals surface area (Å²) in [5, 5.41) is 10.6. The van der Waals surface area contributed by atoms with Crippen molar-refractivity contribution < 1.29 is 32.3 Å². The molecule has 0 radical (unpaired) electrons. The van der Waals surface area contributed by atoms with Gasteiger partial charge in [0.25, 0.3) is 5.91 Å². The first-order valence-electron chi connectivity index (χ1n) is 20.2. The van der Waals surface area contributed by atoms with E-state index in [1.807, 2.05) is 35.7 Å². The van der Waals surface area contributed by atoms with Crippen molar-refractivity contribution in [3.63, 3.8) is 0 Å². The number of aromatic nitrogens is 2. The van der Waals surface area contributed by atoms with Crippen LogP contribution in [0.25, 0.3) is 6.08 Å². The zero-order chi connectivity index (χ0) is 40.9. The first kappa shape index (κ1) is 40.0. The molecule has 3 aromatic heterocycles. The fourth-order valence-corrected chi connectivity index (χ4v) is 8.88. The van der Waals surface area contributed by atoms with E-state index in [2.05, 4.69) is 30.7 Å². The number of hydrogen-bond acceptors (Lipinski definition) is 8. The average Bonchev–Trinajstić information content (AvgIpc) is 4.00. The van der Waals surface area contributed by atoms with E-state index in [0.29, 0.717) is 91.0 Å². The number of aryl methyl sites for hydroxylation is 1. The van der Waals surface area contributed by atoms with Gasteiger partial charge in [0.05, 0.1) is 28.4 Å². The number of hydrogen-bond donors (Lipinski definition) is 3.